The summed E-state index contributed by atoms with van der Waals surface area (Å²) < 4.78 is 18.3. The average Bonchev–Trinajstić information content (AvgIpc) is 2.43. The van der Waals surface area contributed by atoms with Crippen LogP contribution in [-0.2, 0) is 9.53 Å². The number of halogens is 3. The van der Waals surface area contributed by atoms with Crippen molar-refractivity contribution in [2.45, 2.75) is 19.4 Å². The number of methoxy groups -OCH3 is 1. The number of ether oxygens (including phenoxy) is 1. The minimum Gasteiger partial charge on any atom is -0.383 e. The molecule has 0 heterocycles. The number of nitrogens with one attached hydrogen (secondary N) is 2. The molecule has 1 rings (SSSR count). The molecule has 1 amide bonds. The van der Waals surface area contributed by atoms with Crippen molar-refractivity contribution in [3.63, 3.8) is 0 Å². The summed E-state index contributed by atoms with van der Waals surface area (Å²) in [4.78, 5) is 11.5. The second kappa shape index (κ2) is 9.20. The predicted octanol–water partition coefficient (Wildman–Crippen LogP) is 2.94. The number of hydrogen-bond donors (Lipinski definition) is 2. The lowest BCUT2D eigenvalue weighted by Crippen LogP contribution is -2.30. The van der Waals surface area contributed by atoms with Crippen LogP contribution in [0.1, 0.15) is 24.9 Å². The molecule has 2 N–H and O–H groups in total. The van der Waals surface area contributed by atoms with E-state index < -0.39 is 5.82 Å². The molecule has 0 aromatic heterocycles. The van der Waals surface area contributed by atoms with Crippen molar-refractivity contribution < 1.29 is 13.9 Å². The Labute approximate surface area is 133 Å². The van der Waals surface area contributed by atoms with Gasteiger partial charge in [-0.2, -0.15) is 0 Å². The van der Waals surface area contributed by atoms with Crippen LogP contribution in [0.15, 0.2) is 12.1 Å². The first-order valence-electron chi connectivity index (χ1n) is 6.59. The maximum Gasteiger partial charge on any atom is 0.221 e. The molecule has 1 atom stereocenters. The largest absolute Gasteiger partial charge is 0.383 e. The minimum atomic E-state index is -0.512. The van der Waals surface area contributed by atoms with Gasteiger partial charge in [-0.1, -0.05) is 23.2 Å². The zero-order chi connectivity index (χ0) is 15.8. The lowest BCUT2D eigenvalue weighted by atomic mass is 10.1. The van der Waals surface area contributed by atoms with Gasteiger partial charge in [0, 0.05) is 37.7 Å². The zero-order valence-corrected chi connectivity index (χ0v) is 13.5. The summed E-state index contributed by atoms with van der Waals surface area (Å²) in [5.41, 5.74) is 0.610. The molecule has 0 aliphatic heterocycles. The molecular formula is C14H19Cl2FN2O2. The SMILES string of the molecule is COCCNC(=O)CCNC(C)c1cc(F)c(Cl)cc1Cl. The summed E-state index contributed by atoms with van der Waals surface area (Å²) >= 11 is 11.7. The van der Waals surface area contributed by atoms with E-state index in [4.69, 9.17) is 27.9 Å². The van der Waals surface area contributed by atoms with E-state index in [-0.39, 0.29) is 17.0 Å². The van der Waals surface area contributed by atoms with E-state index in [0.717, 1.165) is 0 Å². The molecule has 1 unspecified atom stereocenters. The Balaban J connectivity index is 2.42. The van der Waals surface area contributed by atoms with Crippen LogP contribution in [-0.4, -0.2) is 32.7 Å². The van der Waals surface area contributed by atoms with Crippen molar-refractivity contribution in [3.8, 4) is 0 Å². The summed E-state index contributed by atoms with van der Waals surface area (Å²) in [6.45, 7) is 3.27. The first-order valence-corrected chi connectivity index (χ1v) is 7.34. The molecule has 1 aromatic rings. The standard InChI is InChI=1S/C14H19Cl2FN2O2/c1-9(10-7-13(17)12(16)8-11(10)15)18-4-3-14(20)19-5-6-21-2/h7-9,18H,3-6H2,1-2H3,(H,19,20). The number of rotatable bonds is 8. The quantitative estimate of drug-likeness (QED) is 0.566. The Morgan fingerprint density at radius 2 is 2.05 bits per heavy atom. The highest BCUT2D eigenvalue weighted by atomic mass is 35.5. The van der Waals surface area contributed by atoms with Crippen LogP contribution in [0.25, 0.3) is 0 Å². The molecule has 0 radical (unpaired) electrons. The van der Waals surface area contributed by atoms with Gasteiger partial charge in [0.1, 0.15) is 5.82 Å². The van der Waals surface area contributed by atoms with Crippen LogP contribution in [0.4, 0.5) is 4.39 Å². The van der Waals surface area contributed by atoms with E-state index in [1.807, 2.05) is 6.92 Å². The minimum absolute atomic E-state index is 0.00605. The van der Waals surface area contributed by atoms with Crippen LogP contribution < -0.4 is 10.6 Å². The fraction of sp³-hybridized carbons (Fsp3) is 0.500. The fourth-order valence-electron chi connectivity index (χ4n) is 1.76. The van der Waals surface area contributed by atoms with Gasteiger partial charge in [0.15, 0.2) is 0 Å². The van der Waals surface area contributed by atoms with Crippen LogP contribution in [0.5, 0.6) is 0 Å². The summed E-state index contributed by atoms with van der Waals surface area (Å²) in [5.74, 6) is -0.581. The van der Waals surface area contributed by atoms with E-state index in [9.17, 15) is 9.18 Å². The number of carbonyl (C=O) groups excluding carboxylic acids is 1. The Morgan fingerprint density at radius 1 is 1.33 bits per heavy atom. The third kappa shape index (κ3) is 6.18. The summed E-state index contributed by atoms with van der Waals surface area (Å²) in [6.07, 6.45) is 0.321. The highest BCUT2D eigenvalue weighted by Crippen LogP contribution is 2.28. The maximum absolute atomic E-state index is 13.4. The molecule has 21 heavy (non-hydrogen) atoms. The third-order valence-corrected chi connectivity index (χ3v) is 3.55. The molecule has 0 spiro atoms. The smallest absolute Gasteiger partial charge is 0.221 e. The highest BCUT2D eigenvalue weighted by Gasteiger charge is 2.13. The first-order chi connectivity index (χ1) is 9.95. The maximum atomic E-state index is 13.4. The first kappa shape index (κ1) is 18.2. The van der Waals surface area contributed by atoms with Crippen LogP contribution in [0.3, 0.4) is 0 Å². The molecule has 0 saturated heterocycles. The molecule has 4 nitrogen and oxygen atoms in total. The van der Waals surface area contributed by atoms with Gasteiger partial charge in [0.05, 0.1) is 11.6 Å². The summed E-state index contributed by atoms with van der Waals surface area (Å²) in [5, 5.41) is 6.23. The number of benzene rings is 1. The van der Waals surface area contributed by atoms with E-state index in [1.54, 1.807) is 7.11 Å². The van der Waals surface area contributed by atoms with E-state index in [0.29, 0.717) is 36.7 Å². The number of amides is 1. The molecule has 7 heteroatoms. The molecule has 0 aliphatic carbocycles. The molecule has 0 bridgehead atoms. The topological polar surface area (TPSA) is 50.4 Å². The molecule has 118 valence electrons. The zero-order valence-electron chi connectivity index (χ0n) is 12.0. The molecule has 1 aromatic carbocycles. The summed E-state index contributed by atoms with van der Waals surface area (Å²) in [7, 11) is 1.57. The van der Waals surface area contributed by atoms with Gasteiger partial charge in [0.25, 0.3) is 0 Å². The van der Waals surface area contributed by atoms with E-state index >= 15 is 0 Å². The molecule has 0 aliphatic rings. The van der Waals surface area contributed by atoms with Gasteiger partial charge in [0.2, 0.25) is 5.91 Å². The molecule has 0 saturated carbocycles. The molecular weight excluding hydrogens is 318 g/mol. The molecule has 0 fully saturated rings. The Bertz CT molecular complexity index is 486. The van der Waals surface area contributed by atoms with Crippen LogP contribution in [0.2, 0.25) is 10.0 Å². The lowest BCUT2D eigenvalue weighted by molar-refractivity contribution is -0.121. The van der Waals surface area contributed by atoms with Crippen molar-refractivity contribution in [1.82, 2.24) is 10.6 Å². The van der Waals surface area contributed by atoms with Gasteiger partial charge in [-0.05, 0) is 24.6 Å². The van der Waals surface area contributed by atoms with Gasteiger partial charge in [-0.25, -0.2) is 4.39 Å². The monoisotopic (exact) mass is 336 g/mol. The average molecular weight is 337 g/mol. The second-order valence-corrected chi connectivity index (χ2v) is 5.37. The van der Waals surface area contributed by atoms with Crippen LogP contribution >= 0.6 is 23.2 Å². The number of carbonyl (C=O) groups is 1. The van der Waals surface area contributed by atoms with Crippen molar-refractivity contribution in [1.29, 1.82) is 0 Å². The van der Waals surface area contributed by atoms with Crippen LogP contribution in [0, 0.1) is 5.82 Å². The van der Waals surface area contributed by atoms with E-state index in [2.05, 4.69) is 10.6 Å². The van der Waals surface area contributed by atoms with Crippen molar-refractivity contribution in [2.24, 2.45) is 0 Å². The van der Waals surface area contributed by atoms with Crippen molar-refractivity contribution in [2.75, 3.05) is 26.8 Å². The normalized spacial score (nSPS) is 12.2. The third-order valence-electron chi connectivity index (χ3n) is 2.94. The van der Waals surface area contributed by atoms with Crippen molar-refractivity contribution >= 4 is 29.1 Å². The van der Waals surface area contributed by atoms with Gasteiger partial charge in [-0.3, -0.25) is 4.79 Å². The highest BCUT2D eigenvalue weighted by molar-refractivity contribution is 6.35. The van der Waals surface area contributed by atoms with Gasteiger partial charge in [-0.15, -0.1) is 0 Å². The Hall–Kier alpha value is -0.880. The lowest BCUT2D eigenvalue weighted by Gasteiger charge is -2.16. The van der Waals surface area contributed by atoms with Crippen molar-refractivity contribution in [3.05, 3.63) is 33.6 Å². The van der Waals surface area contributed by atoms with Gasteiger partial charge < -0.3 is 15.4 Å². The number of hydrogen-bond acceptors (Lipinski definition) is 3. The van der Waals surface area contributed by atoms with Gasteiger partial charge >= 0.3 is 0 Å². The Morgan fingerprint density at radius 3 is 2.71 bits per heavy atom. The second-order valence-electron chi connectivity index (χ2n) is 4.56. The summed E-state index contributed by atoms with van der Waals surface area (Å²) in [6, 6.07) is 2.50. The Kier molecular flexibility index (Phi) is 7.96. The predicted molar refractivity (Wildman–Crippen MR) is 82.3 cm³/mol. The fourth-order valence-corrected chi connectivity index (χ4v) is 2.31. The van der Waals surface area contributed by atoms with E-state index in [1.165, 1.54) is 12.1 Å².